The number of benzene rings is 1. The fraction of sp³-hybridized carbons (Fsp3) is 0.273. The number of amides is 1. The molecule has 0 fully saturated rings. The van der Waals surface area contributed by atoms with Gasteiger partial charge in [0.25, 0.3) is 0 Å². The summed E-state index contributed by atoms with van der Waals surface area (Å²) in [6.07, 6.45) is 12.2. The van der Waals surface area contributed by atoms with E-state index in [0.29, 0.717) is 11.6 Å². The maximum Gasteiger partial charge on any atom is 0.438 e. The Bertz CT molecular complexity index is 884. The molecule has 154 valence electrons. The molecule has 1 aliphatic carbocycles. The van der Waals surface area contributed by atoms with Crippen molar-refractivity contribution < 1.29 is 19.1 Å². The van der Waals surface area contributed by atoms with E-state index in [9.17, 15) is 4.79 Å². The zero-order chi connectivity index (χ0) is 21.1. The van der Waals surface area contributed by atoms with Gasteiger partial charge in [0, 0.05) is 17.8 Å². The molecule has 0 radical (unpaired) electrons. The molecule has 0 unspecified atom stereocenters. The van der Waals surface area contributed by atoms with Gasteiger partial charge in [-0.3, -0.25) is 4.84 Å². The van der Waals surface area contributed by atoms with Crippen LogP contribution >= 0.6 is 0 Å². The summed E-state index contributed by atoms with van der Waals surface area (Å²) >= 11 is 0. The molecule has 0 N–H and O–H groups in total. The zero-order valence-electron chi connectivity index (χ0n) is 17.2. The van der Waals surface area contributed by atoms with Gasteiger partial charge in [0.1, 0.15) is 6.61 Å². The molecule has 0 atom stereocenters. The molecular formula is C22H27N3O4. The van der Waals surface area contributed by atoms with Gasteiger partial charge in [0.05, 0.1) is 25.6 Å². The number of rotatable bonds is 6. The number of aromatic nitrogens is 2. The number of methoxy groups -OCH3 is 1. The molecule has 2 aromatic rings. The number of carbonyl (C=O) groups is 1. The van der Waals surface area contributed by atoms with Crippen molar-refractivity contribution in [3.63, 3.8) is 0 Å². The van der Waals surface area contributed by atoms with E-state index in [-0.39, 0.29) is 6.61 Å². The Morgan fingerprint density at radius 3 is 2.72 bits per heavy atom. The largest absolute Gasteiger partial charge is 0.472 e. The van der Waals surface area contributed by atoms with E-state index in [4.69, 9.17) is 14.3 Å². The predicted molar refractivity (Wildman–Crippen MR) is 113 cm³/mol. The molecule has 1 heterocycles. The highest BCUT2D eigenvalue weighted by atomic mass is 16.7. The first kappa shape index (κ1) is 22.0. The Morgan fingerprint density at radius 1 is 1.17 bits per heavy atom. The maximum atomic E-state index is 11.9. The summed E-state index contributed by atoms with van der Waals surface area (Å²) in [7, 11) is 2.70. The number of ether oxygens (including phenoxy) is 2. The number of nitrogens with zero attached hydrogens (tertiary/aromatic N) is 3. The van der Waals surface area contributed by atoms with Crippen LogP contribution in [0.25, 0.3) is 5.70 Å². The molecule has 3 rings (SSSR count). The summed E-state index contributed by atoms with van der Waals surface area (Å²) in [6, 6.07) is 9.07. The van der Waals surface area contributed by atoms with Crippen LogP contribution in [-0.4, -0.2) is 30.1 Å². The molecule has 0 spiro atoms. The Labute approximate surface area is 171 Å². The summed E-state index contributed by atoms with van der Waals surface area (Å²) in [6.45, 7) is 4.22. The normalized spacial score (nSPS) is 12.3. The van der Waals surface area contributed by atoms with Crippen LogP contribution in [0.15, 0.2) is 66.9 Å². The van der Waals surface area contributed by atoms with Crippen LogP contribution in [0.1, 0.15) is 25.8 Å². The van der Waals surface area contributed by atoms with Gasteiger partial charge in [-0.05, 0) is 18.6 Å². The van der Waals surface area contributed by atoms with Crippen LogP contribution < -0.4 is 9.80 Å². The van der Waals surface area contributed by atoms with Gasteiger partial charge < -0.3 is 9.47 Å². The standard InChI is InChI=1S/C20H21N3O4.C2H6/c1-25-20(24)23(26-2)18-12-8-7-9-16(18)15-27-19-13-14-22(21-19)17-10-5-3-4-6-11-17;1-2/h3-5,7-14H,6,15H2,1-2H3;1-2H3. The van der Waals surface area contributed by atoms with Crippen LogP contribution in [0.3, 0.4) is 0 Å². The Kier molecular flexibility index (Phi) is 8.72. The summed E-state index contributed by atoms with van der Waals surface area (Å²) in [5, 5.41) is 5.52. The SMILES string of the molecule is CC.COC(=O)N(OC)c1ccccc1COc1ccn(C2=CCC=CC=C2)n1. The summed E-state index contributed by atoms with van der Waals surface area (Å²) in [4.78, 5) is 17.0. The van der Waals surface area contributed by atoms with E-state index in [1.807, 2.05) is 50.4 Å². The lowest BCUT2D eigenvalue weighted by molar-refractivity contribution is 0.115. The zero-order valence-corrected chi connectivity index (χ0v) is 17.2. The van der Waals surface area contributed by atoms with Gasteiger partial charge in [0.2, 0.25) is 5.88 Å². The number of hydroxylamine groups is 1. The second-order valence-corrected chi connectivity index (χ2v) is 5.61. The number of para-hydroxylation sites is 1. The molecule has 1 aliphatic rings. The lowest BCUT2D eigenvalue weighted by Gasteiger charge is -2.20. The summed E-state index contributed by atoms with van der Waals surface area (Å²) in [5.74, 6) is 0.485. The van der Waals surface area contributed by atoms with E-state index in [1.165, 1.54) is 14.2 Å². The van der Waals surface area contributed by atoms with Crippen LogP contribution in [0.4, 0.5) is 10.5 Å². The number of hydrogen-bond donors (Lipinski definition) is 0. The lowest BCUT2D eigenvalue weighted by atomic mass is 10.2. The smallest absolute Gasteiger partial charge is 0.438 e. The Hall–Kier alpha value is -3.32. The minimum Gasteiger partial charge on any atom is -0.472 e. The highest BCUT2D eigenvalue weighted by molar-refractivity contribution is 5.86. The quantitative estimate of drug-likeness (QED) is 0.643. The van der Waals surface area contributed by atoms with Gasteiger partial charge in [-0.1, -0.05) is 56.4 Å². The topological polar surface area (TPSA) is 65.8 Å². The van der Waals surface area contributed by atoms with Crippen LogP contribution in [0.2, 0.25) is 0 Å². The lowest BCUT2D eigenvalue weighted by Crippen LogP contribution is -2.30. The van der Waals surface area contributed by atoms with E-state index in [2.05, 4.69) is 17.3 Å². The highest BCUT2D eigenvalue weighted by Gasteiger charge is 2.19. The molecule has 0 aliphatic heterocycles. The second kappa shape index (κ2) is 11.5. The molecule has 7 nitrogen and oxygen atoms in total. The fourth-order valence-electron chi connectivity index (χ4n) is 2.60. The Morgan fingerprint density at radius 2 is 1.97 bits per heavy atom. The van der Waals surface area contributed by atoms with Crippen molar-refractivity contribution in [2.45, 2.75) is 26.9 Å². The average Bonchev–Trinajstić information content (AvgIpc) is 3.08. The van der Waals surface area contributed by atoms with E-state index >= 15 is 0 Å². The van der Waals surface area contributed by atoms with Crippen LogP contribution in [0, 0.1) is 0 Å². The van der Waals surface area contributed by atoms with Gasteiger partial charge in [-0.25, -0.2) is 9.48 Å². The number of hydrogen-bond acceptors (Lipinski definition) is 5. The first-order valence-electron chi connectivity index (χ1n) is 9.45. The average molecular weight is 397 g/mol. The van der Waals surface area contributed by atoms with Crippen molar-refractivity contribution in [2.24, 2.45) is 0 Å². The van der Waals surface area contributed by atoms with Gasteiger partial charge in [-0.15, -0.1) is 5.10 Å². The van der Waals surface area contributed by atoms with Crippen LogP contribution in [0.5, 0.6) is 5.88 Å². The number of allylic oxidation sites excluding steroid dienone is 6. The first-order valence-corrected chi connectivity index (χ1v) is 9.45. The molecule has 0 saturated carbocycles. The second-order valence-electron chi connectivity index (χ2n) is 5.61. The monoisotopic (exact) mass is 397 g/mol. The molecular weight excluding hydrogens is 370 g/mol. The van der Waals surface area contributed by atoms with Crippen molar-refractivity contribution >= 4 is 17.5 Å². The minimum absolute atomic E-state index is 0.223. The molecule has 7 heteroatoms. The predicted octanol–water partition coefficient (Wildman–Crippen LogP) is 4.98. The third-order valence-electron chi connectivity index (χ3n) is 3.92. The summed E-state index contributed by atoms with van der Waals surface area (Å²) in [5.41, 5.74) is 2.29. The maximum absolute atomic E-state index is 11.9. The van der Waals surface area contributed by atoms with E-state index in [1.54, 1.807) is 22.9 Å². The fourth-order valence-corrected chi connectivity index (χ4v) is 2.60. The van der Waals surface area contributed by atoms with Gasteiger partial charge in [-0.2, -0.15) is 5.06 Å². The third kappa shape index (κ3) is 5.83. The number of anilines is 1. The Balaban J connectivity index is 0.00000145. The van der Waals surface area contributed by atoms with E-state index < -0.39 is 6.09 Å². The van der Waals surface area contributed by atoms with Gasteiger partial charge in [0.15, 0.2) is 0 Å². The number of carbonyl (C=O) groups excluding carboxylic acids is 1. The molecule has 0 bridgehead atoms. The molecule has 1 aromatic carbocycles. The van der Waals surface area contributed by atoms with Crippen molar-refractivity contribution in [1.82, 2.24) is 9.78 Å². The third-order valence-corrected chi connectivity index (χ3v) is 3.92. The molecule has 1 aromatic heterocycles. The summed E-state index contributed by atoms with van der Waals surface area (Å²) < 4.78 is 12.3. The molecule has 29 heavy (non-hydrogen) atoms. The molecule has 0 saturated heterocycles. The van der Waals surface area contributed by atoms with Crippen molar-refractivity contribution in [3.05, 3.63) is 72.5 Å². The van der Waals surface area contributed by atoms with Crippen molar-refractivity contribution in [2.75, 3.05) is 19.3 Å². The van der Waals surface area contributed by atoms with Crippen molar-refractivity contribution in [1.29, 1.82) is 0 Å². The molecule has 1 amide bonds. The van der Waals surface area contributed by atoms with Gasteiger partial charge >= 0.3 is 6.09 Å². The van der Waals surface area contributed by atoms with E-state index in [0.717, 1.165) is 22.7 Å². The van der Waals surface area contributed by atoms with Crippen molar-refractivity contribution in [3.8, 4) is 5.88 Å². The minimum atomic E-state index is -0.616. The highest BCUT2D eigenvalue weighted by Crippen LogP contribution is 2.23. The van der Waals surface area contributed by atoms with Crippen LogP contribution in [-0.2, 0) is 16.2 Å². The first-order chi connectivity index (χ1) is 14.2.